The van der Waals surface area contributed by atoms with E-state index in [1.165, 1.54) is 5.56 Å². The summed E-state index contributed by atoms with van der Waals surface area (Å²) in [6.45, 7) is 6.99. The van der Waals surface area contributed by atoms with Crippen LogP contribution in [0.4, 0.5) is 0 Å². The number of rotatable bonds is 4. The molecule has 0 aliphatic heterocycles. The Labute approximate surface area is 186 Å². The third-order valence-corrected chi connectivity index (χ3v) is 5.63. The summed E-state index contributed by atoms with van der Waals surface area (Å²) in [6, 6.07) is 25.4. The van der Waals surface area contributed by atoms with E-state index in [2.05, 4.69) is 32.9 Å². The molecule has 0 radical (unpaired) electrons. The maximum atomic E-state index is 12.6. The first kappa shape index (κ1) is 20.1. The van der Waals surface area contributed by atoms with Gasteiger partial charge >= 0.3 is 5.63 Å². The van der Waals surface area contributed by atoms with E-state index in [4.69, 9.17) is 13.6 Å². The highest BCUT2D eigenvalue weighted by atomic mass is 16.5. The Kier molecular flexibility index (Phi) is 4.86. The number of fused-ring (bicyclic) bond motifs is 3. The Bertz CT molecular complexity index is 1450. The highest BCUT2D eigenvalue weighted by Crippen LogP contribution is 2.33. The van der Waals surface area contributed by atoms with Crippen LogP contribution < -0.4 is 10.4 Å². The SMILES string of the molecule is CC(C)(C)c1ccc(-c2cc3c(=O)oc4ccc(OCc5ccccc5)cc4c3o2)cc1. The van der Waals surface area contributed by atoms with Crippen LogP contribution in [0.1, 0.15) is 31.9 Å². The van der Waals surface area contributed by atoms with E-state index in [0.717, 1.165) is 11.1 Å². The molecule has 0 unspecified atom stereocenters. The molecule has 0 atom stereocenters. The molecule has 0 bridgehead atoms. The minimum atomic E-state index is -0.410. The van der Waals surface area contributed by atoms with Crippen LogP contribution in [0.2, 0.25) is 0 Å². The summed E-state index contributed by atoms with van der Waals surface area (Å²) in [6.07, 6.45) is 0. The van der Waals surface area contributed by atoms with Crippen LogP contribution in [0.3, 0.4) is 0 Å². The van der Waals surface area contributed by atoms with Crippen molar-refractivity contribution in [2.75, 3.05) is 0 Å². The minimum Gasteiger partial charge on any atom is -0.489 e. The Morgan fingerprint density at radius 3 is 2.28 bits per heavy atom. The van der Waals surface area contributed by atoms with Gasteiger partial charge in [-0.25, -0.2) is 4.79 Å². The molecule has 0 N–H and O–H groups in total. The Morgan fingerprint density at radius 2 is 1.56 bits per heavy atom. The number of furan rings is 1. The Hall–Kier alpha value is -3.79. The van der Waals surface area contributed by atoms with Crippen LogP contribution >= 0.6 is 0 Å². The molecule has 0 aliphatic carbocycles. The van der Waals surface area contributed by atoms with Crippen molar-refractivity contribution in [3.8, 4) is 17.1 Å². The molecule has 4 nitrogen and oxygen atoms in total. The van der Waals surface area contributed by atoms with Gasteiger partial charge < -0.3 is 13.6 Å². The number of hydrogen-bond acceptors (Lipinski definition) is 4. The second-order valence-corrected chi connectivity index (χ2v) is 9.00. The molecule has 0 spiro atoms. The summed E-state index contributed by atoms with van der Waals surface area (Å²) in [5, 5.41) is 1.13. The van der Waals surface area contributed by atoms with Gasteiger partial charge in [-0.05, 0) is 40.8 Å². The molecule has 2 aromatic heterocycles. The van der Waals surface area contributed by atoms with E-state index in [1.54, 1.807) is 18.2 Å². The fourth-order valence-corrected chi connectivity index (χ4v) is 3.78. The maximum Gasteiger partial charge on any atom is 0.347 e. The fourth-order valence-electron chi connectivity index (χ4n) is 3.78. The molecule has 160 valence electrons. The standard InChI is InChI=1S/C28H24O4/c1-28(2,3)20-11-9-19(10-12-20)25-16-23-26(31-25)22-15-21(13-14-24(22)32-27(23)29)30-17-18-7-5-4-6-8-18/h4-16H,17H2,1-3H3. The largest absolute Gasteiger partial charge is 0.489 e. The van der Waals surface area contributed by atoms with Crippen LogP contribution in [0.25, 0.3) is 33.3 Å². The van der Waals surface area contributed by atoms with Gasteiger partial charge in [0, 0.05) is 5.56 Å². The first-order valence-corrected chi connectivity index (χ1v) is 10.7. The van der Waals surface area contributed by atoms with E-state index in [1.807, 2.05) is 48.5 Å². The lowest BCUT2D eigenvalue weighted by atomic mass is 9.86. The van der Waals surface area contributed by atoms with Crippen LogP contribution in [-0.2, 0) is 12.0 Å². The van der Waals surface area contributed by atoms with Gasteiger partial charge in [-0.15, -0.1) is 0 Å². The molecule has 0 amide bonds. The van der Waals surface area contributed by atoms with Crippen LogP contribution in [0, 0.1) is 0 Å². The first-order chi connectivity index (χ1) is 15.4. The van der Waals surface area contributed by atoms with Gasteiger partial charge in [0.05, 0.1) is 5.39 Å². The molecule has 5 rings (SSSR count). The quantitative estimate of drug-likeness (QED) is 0.289. The van der Waals surface area contributed by atoms with Gasteiger partial charge in [-0.1, -0.05) is 75.4 Å². The van der Waals surface area contributed by atoms with Crippen LogP contribution in [0.5, 0.6) is 5.75 Å². The first-order valence-electron chi connectivity index (χ1n) is 10.7. The monoisotopic (exact) mass is 424 g/mol. The van der Waals surface area contributed by atoms with E-state index in [9.17, 15) is 4.79 Å². The van der Waals surface area contributed by atoms with Gasteiger partial charge in [-0.2, -0.15) is 0 Å². The molecular formula is C28H24O4. The van der Waals surface area contributed by atoms with Crippen molar-refractivity contribution in [2.45, 2.75) is 32.8 Å². The summed E-state index contributed by atoms with van der Waals surface area (Å²) in [5.41, 5.74) is 3.87. The fraction of sp³-hybridized carbons (Fsp3) is 0.179. The maximum absolute atomic E-state index is 12.6. The van der Waals surface area contributed by atoms with Crippen LogP contribution in [-0.4, -0.2) is 0 Å². The second kappa shape index (κ2) is 7.72. The highest BCUT2D eigenvalue weighted by Gasteiger charge is 2.17. The van der Waals surface area contributed by atoms with Gasteiger partial charge in [0.25, 0.3) is 0 Å². The van der Waals surface area contributed by atoms with Gasteiger partial charge in [0.15, 0.2) is 5.58 Å². The molecule has 0 fully saturated rings. The highest BCUT2D eigenvalue weighted by molar-refractivity contribution is 6.02. The van der Waals surface area contributed by atoms with Crippen molar-refractivity contribution in [3.63, 3.8) is 0 Å². The van der Waals surface area contributed by atoms with Gasteiger partial charge in [0.1, 0.15) is 29.1 Å². The van der Waals surface area contributed by atoms with Crippen molar-refractivity contribution >= 4 is 21.9 Å². The molecule has 0 saturated heterocycles. The molecule has 32 heavy (non-hydrogen) atoms. The summed E-state index contributed by atoms with van der Waals surface area (Å²) < 4.78 is 17.7. The predicted octanol–water partition coefficient (Wildman–Crippen LogP) is 7.08. The lowest BCUT2D eigenvalue weighted by molar-refractivity contribution is 0.306. The van der Waals surface area contributed by atoms with Crippen LogP contribution in [0.15, 0.2) is 92.5 Å². The third kappa shape index (κ3) is 3.80. The average Bonchev–Trinajstić information content (AvgIpc) is 3.25. The van der Waals surface area contributed by atoms with Crippen molar-refractivity contribution in [3.05, 3.63) is 100 Å². The molecular weight excluding hydrogens is 400 g/mol. The molecule has 0 aliphatic rings. The lowest BCUT2D eigenvalue weighted by Crippen LogP contribution is -2.10. The van der Waals surface area contributed by atoms with Gasteiger partial charge in [0.2, 0.25) is 0 Å². The smallest absolute Gasteiger partial charge is 0.347 e. The zero-order valence-corrected chi connectivity index (χ0v) is 18.3. The molecule has 5 aromatic rings. The normalized spacial score (nSPS) is 11.8. The number of hydrogen-bond donors (Lipinski definition) is 0. The summed E-state index contributed by atoms with van der Waals surface area (Å²) in [4.78, 5) is 12.6. The van der Waals surface area contributed by atoms with E-state index >= 15 is 0 Å². The summed E-state index contributed by atoms with van der Waals surface area (Å²) >= 11 is 0. The Morgan fingerprint density at radius 1 is 0.812 bits per heavy atom. The minimum absolute atomic E-state index is 0.0693. The zero-order chi connectivity index (χ0) is 22.3. The third-order valence-electron chi connectivity index (χ3n) is 5.63. The average molecular weight is 424 g/mol. The predicted molar refractivity (Wildman–Crippen MR) is 127 cm³/mol. The van der Waals surface area contributed by atoms with Gasteiger partial charge in [-0.3, -0.25) is 0 Å². The van der Waals surface area contributed by atoms with Crippen molar-refractivity contribution in [1.29, 1.82) is 0 Å². The molecule has 4 heteroatoms. The summed E-state index contributed by atoms with van der Waals surface area (Å²) in [7, 11) is 0. The van der Waals surface area contributed by atoms with Crippen molar-refractivity contribution in [1.82, 2.24) is 0 Å². The molecule has 3 aromatic carbocycles. The molecule has 0 saturated carbocycles. The second-order valence-electron chi connectivity index (χ2n) is 9.00. The van der Waals surface area contributed by atoms with Crippen molar-refractivity contribution in [2.24, 2.45) is 0 Å². The van der Waals surface area contributed by atoms with E-state index in [0.29, 0.717) is 40.1 Å². The summed E-state index contributed by atoms with van der Waals surface area (Å²) in [5.74, 6) is 1.32. The van der Waals surface area contributed by atoms with E-state index < -0.39 is 5.63 Å². The topological polar surface area (TPSA) is 52.6 Å². The zero-order valence-electron chi connectivity index (χ0n) is 18.3. The Balaban J connectivity index is 1.54. The van der Waals surface area contributed by atoms with Crippen molar-refractivity contribution < 1.29 is 13.6 Å². The number of ether oxygens (including phenoxy) is 1. The lowest BCUT2D eigenvalue weighted by Gasteiger charge is -2.18. The number of benzene rings is 3. The molecule has 2 heterocycles. The van der Waals surface area contributed by atoms with E-state index in [-0.39, 0.29) is 5.41 Å².